The van der Waals surface area contributed by atoms with Crippen LogP contribution in [-0.2, 0) is 9.47 Å². The number of hydrogen-bond acceptors (Lipinski definition) is 10. The topological polar surface area (TPSA) is 152 Å². The standard InChI is InChI=1S/C23H28O10/c1-23(2,32-19-7-3-15(4-8-19)21(28)30-13-17(26)11-24)33-20-9-5-16(6-10-20)22(29)31-14-18(27)12-25/h3-10,17-18,24-27H,11-14H2,1-2H3. The van der Waals surface area contributed by atoms with Crippen molar-refractivity contribution in [3.8, 4) is 11.5 Å². The van der Waals surface area contributed by atoms with Gasteiger partial charge in [-0.1, -0.05) is 0 Å². The second kappa shape index (κ2) is 12.2. The van der Waals surface area contributed by atoms with Crippen LogP contribution in [0.5, 0.6) is 11.5 Å². The lowest BCUT2D eigenvalue weighted by molar-refractivity contribution is -0.0809. The fraction of sp³-hybridized carbons (Fsp3) is 0.391. The fourth-order valence-corrected chi connectivity index (χ4v) is 2.52. The van der Waals surface area contributed by atoms with Crippen LogP contribution in [0.4, 0.5) is 0 Å². The monoisotopic (exact) mass is 464 g/mol. The lowest BCUT2D eigenvalue weighted by atomic mass is 10.2. The van der Waals surface area contributed by atoms with Crippen LogP contribution in [0.1, 0.15) is 34.6 Å². The number of hydrogen-bond donors (Lipinski definition) is 4. The molecule has 2 aromatic rings. The minimum absolute atomic E-state index is 0.250. The third-order valence-corrected chi connectivity index (χ3v) is 4.14. The van der Waals surface area contributed by atoms with Crippen LogP contribution in [-0.4, -0.2) is 76.8 Å². The maximum atomic E-state index is 11.9. The van der Waals surface area contributed by atoms with Crippen molar-refractivity contribution in [3.05, 3.63) is 59.7 Å². The van der Waals surface area contributed by atoms with Crippen molar-refractivity contribution in [1.29, 1.82) is 0 Å². The first-order valence-electron chi connectivity index (χ1n) is 10.1. The minimum atomic E-state index is -1.13. The number of aliphatic hydroxyl groups is 4. The molecule has 10 heteroatoms. The van der Waals surface area contributed by atoms with Crippen LogP contribution in [0, 0.1) is 0 Å². The largest absolute Gasteiger partial charge is 0.459 e. The van der Waals surface area contributed by atoms with Gasteiger partial charge >= 0.3 is 11.9 Å². The van der Waals surface area contributed by atoms with Gasteiger partial charge in [0, 0.05) is 13.8 Å². The Balaban J connectivity index is 1.91. The van der Waals surface area contributed by atoms with E-state index in [9.17, 15) is 19.8 Å². The maximum absolute atomic E-state index is 11.9. The number of carbonyl (C=O) groups is 2. The van der Waals surface area contributed by atoms with Crippen LogP contribution >= 0.6 is 0 Å². The molecule has 0 aliphatic carbocycles. The zero-order valence-electron chi connectivity index (χ0n) is 18.3. The molecule has 0 bridgehead atoms. The molecule has 0 saturated carbocycles. The van der Waals surface area contributed by atoms with Gasteiger partial charge in [0.05, 0.1) is 24.3 Å². The molecule has 0 aliphatic rings. The van der Waals surface area contributed by atoms with E-state index in [-0.39, 0.29) is 24.3 Å². The summed E-state index contributed by atoms with van der Waals surface area (Å²) in [6.07, 6.45) is -2.26. The van der Waals surface area contributed by atoms with E-state index in [1.807, 2.05) is 0 Å². The third kappa shape index (κ3) is 8.70. The molecule has 4 N–H and O–H groups in total. The molecule has 0 fully saturated rings. The quantitative estimate of drug-likeness (QED) is 0.263. The van der Waals surface area contributed by atoms with E-state index in [1.54, 1.807) is 38.1 Å². The van der Waals surface area contributed by atoms with Gasteiger partial charge in [0.1, 0.15) is 36.9 Å². The maximum Gasteiger partial charge on any atom is 0.338 e. The summed E-state index contributed by atoms with van der Waals surface area (Å²) in [5.41, 5.74) is 0.500. The molecule has 2 unspecified atom stereocenters. The smallest absolute Gasteiger partial charge is 0.338 e. The Morgan fingerprint density at radius 2 is 1.06 bits per heavy atom. The highest BCUT2D eigenvalue weighted by Gasteiger charge is 2.23. The van der Waals surface area contributed by atoms with Crippen LogP contribution in [0.15, 0.2) is 48.5 Å². The summed E-state index contributed by atoms with van der Waals surface area (Å²) in [5, 5.41) is 36.0. The molecule has 2 rings (SSSR count). The summed E-state index contributed by atoms with van der Waals surface area (Å²) in [5.74, 6) is -1.53. The van der Waals surface area contributed by atoms with Gasteiger partial charge in [-0.15, -0.1) is 0 Å². The normalized spacial score (nSPS) is 13.0. The molecule has 33 heavy (non-hydrogen) atoms. The Labute approximate surface area is 190 Å². The Bertz CT molecular complexity index is 819. The van der Waals surface area contributed by atoms with Gasteiger partial charge in [-0.05, 0) is 48.5 Å². The molecule has 10 nitrogen and oxygen atoms in total. The van der Waals surface area contributed by atoms with Gasteiger partial charge in [-0.2, -0.15) is 0 Å². The van der Waals surface area contributed by atoms with Crippen molar-refractivity contribution < 1.29 is 49.0 Å². The molecule has 0 aromatic heterocycles. The van der Waals surface area contributed by atoms with Crippen molar-refractivity contribution in [2.45, 2.75) is 31.8 Å². The average Bonchev–Trinajstić information content (AvgIpc) is 2.80. The van der Waals surface area contributed by atoms with Gasteiger partial charge in [0.2, 0.25) is 5.79 Å². The molecule has 0 aliphatic heterocycles. The lowest BCUT2D eigenvalue weighted by Gasteiger charge is -2.27. The van der Waals surface area contributed by atoms with Crippen LogP contribution < -0.4 is 9.47 Å². The molecular formula is C23H28O10. The van der Waals surface area contributed by atoms with E-state index in [0.29, 0.717) is 11.5 Å². The van der Waals surface area contributed by atoms with Gasteiger partial charge in [-0.3, -0.25) is 0 Å². The zero-order valence-corrected chi connectivity index (χ0v) is 18.3. The molecular weight excluding hydrogens is 436 g/mol. The van der Waals surface area contributed by atoms with Crippen LogP contribution in [0.25, 0.3) is 0 Å². The molecule has 180 valence electrons. The first-order chi connectivity index (χ1) is 15.6. The average molecular weight is 464 g/mol. The molecule has 2 aromatic carbocycles. The first-order valence-corrected chi connectivity index (χ1v) is 10.1. The molecule has 0 saturated heterocycles. The van der Waals surface area contributed by atoms with E-state index in [0.717, 1.165) is 0 Å². The van der Waals surface area contributed by atoms with Gasteiger partial charge in [0.15, 0.2) is 0 Å². The summed E-state index contributed by atoms with van der Waals surface area (Å²) in [7, 11) is 0. The van der Waals surface area contributed by atoms with Crippen molar-refractivity contribution >= 4 is 11.9 Å². The zero-order chi connectivity index (χ0) is 24.4. The van der Waals surface area contributed by atoms with E-state index >= 15 is 0 Å². The lowest BCUT2D eigenvalue weighted by Crippen LogP contribution is -2.35. The molecule has 0 spiro atoms. The van der Waals surface area contributed by atoms with Gasteiger partial charge < -0.3 is 39.4 Å². The third-order valence-electron chi connectivity index (χ3n) is 4.14. The first kappa shape index (κ1) is 26.1. The van der Waals surface area contributed by atoms with Crippen molar-refractivity contribution in [2.75, 3.05) is 26.4 Å². The van der Waals surface area contributed by atoms with Crippen molar-refractivity contribution in [3.63, 3.8) is 0 Å². The van der Waals surface area contributed by atoms with Crippen LogP contribution in [0.3, 0.4) is 0 Å². The predicted octanol–water partition coefficient (Wildman–Crippen LogP) is 0.900. The number of aliphatic hydroxyl groups excluding tert-OH is 4. The summed E-state index contributed by atoms with van der Waals surface area (Å²) in [4.78, 5) is 23.9. The predicted molar refractivity (Wildman–Crippen MR) is 115 cm³/mol. The van der Waals surface area contributed by atoms with E-state index < -0.39 is 43.1 Å². The molecule has 0 heterocycles. The van der Waals surface area contributed by atoms with Crippen LogP contribution in [0.2, 0.25) is 0 Å². The molecule has 0 radical (unpaired) electrons. The minimum Gasteiger partial charge on any atom is -0.459 e. The van der Waals surface area contributed by atoms with Gasteiger partial charge in [0.25, 0.3) is 0 Å². The Morgan fingerprint density at radius 3 is 1.36 bits per heavy atom. The van der Waals surface area contributed by atoms with E-state index in [4.69, 9.17) is 29.2 Å². The van der Waals surface area contributed by atoms with E-state index in [2.05, 4.69) is 0 Å². The summed E-state index contributed by atoms with van der Waals surface area (Å²) < 4.78 is 21.4. The number of benzene rings is 2. The Kier molecular flexibility index (Phi) is 9.61. The van der Waals surface area contributed by atoms with Crippen molar-refractivity contribution in [2.24, 2.45) is 0 Å². The Hall–Kier alpha value is -3.18. The summed E-state index contributed by atoms with van der Waals surface area (Å²) in [6, 6.07) is 12.2. The number of carbonyl (C=O) groups excluding carboxylic acids is 2. The molecule has 0 amide bonds. The number of ether oxygens (including phenoxy) is 4. The highest BCUT2D eigenvalue weighted by molar-refractivity contribution is 5.90. The van der Waals surface area contributed by atoms with E-state index in [1.165, 1.54) is 24.3 Å². The SMILES string of the molecule is CC(C)(Oc1ccc(C(=O)OCC(O)CO)cc1)Oc1ccc(C(=O)OCC(O)CO)cc1. The Morgan fingerprint density at radius 1 is 0.727 bits per heavy atom. The second-order valence-electron chi connectivity index (χ2n) is 7.52. The fourth-order valence-electron chi connectivity index (χ4n) is 2.52. The summed E-state index contributed by atoms with van der Waals surface area (Å²) >= 11 is 0. The summed E-state index contributed by atoms with van der Waals surface area (Å²) in [6.45, 7) is 1.74. The molecule has 2 atom stereocenters. The number of rotatable bonds is 12. The second-order valence-corrected chi connectivity index (χ2v) is 7.52. The highest BCUT2D eigenvalue weighted by atomic mass is 16.7. The van der Waals surface area contributed by atoms with Gasteiger partial charge in [-0.25, -0.2) is 9.59 Å². The van der Waals surface area contributed by atoms with Crippen molar-refractivity contribution in [1.82, 2.24) is 0 Å². The number of esters is 2. The highest BCUT2D eigenvalue weighted by Crippen LogP contribution is 2.24.